The predicted octanol–water partition coefficient (Wildman–Crippen LogP) is 4.76. The van der Waals surface area contributed by atoms with Crippen LogP contribution in [0, 0.1) is 13.8 Å². The van der Waals surface area contributed by atoms with Crippen molar-refractivity contribution >= 4 is 40.5 Å². The Morgan fingerprint density at radius 3 is 2.34 bits per heavy atom. The van der Waals surface area contributed by atoms with Gasteiger partial charge in [0.15, 0.2) is 0 Å². The van der Waals surface area contributed by atoms with E-state index in [1.807, 2.05) is 62.4 Å². The van der Waals surface area contributed by atoms with Crippen LogP contribution in [0.5, 0.6) is 5.75 Å². The van der Waals surface area contributed by atoms with E-state index in [0.717, 1.165) is 21.9 Å². The molecule has 0 atom stereocenters. The fraction of sp³-hybridized carbons (Fsp3) is 0.0714. The summed E-state index contributed by atoms with van der Waals surface area (Å²) in [6, 6.07) is 25.1. The van der Waals surface area contributed by atoms with Crippen molar-refractivity contribution in [1.82, 2.24) is 5.43 Å². The first-order valence-corrected chi connectivity index (χ1v) is 10.9. The van der Waals surface area contributed by atoms with Crippen LogP contribution in [0.4, 0.5) is 5.69 Å². The molecule has 35 heavy (non-hydrogen) atoms. The minimum absolute atomic E-state index is 0.275. The highest BCUT2D eigenvalue weighted by Gasteiger charge is 2.15. The van der Waals surface area contributed by atoms with Crippen molar-refractivity contribution in [3.05, 3.63) is 107 Å². The van der Waals surface area contributed by atoms with Crippen LogP contribution in [-0.4, -0.2) is 24.0 Å². The van der Waals surface area contributed by atoms with E-state index in [-0.39, 0.29) is 5.75 Å². The van der Waals surface area contributed by atoms with Crippen LogP contribution in [0.1, 0.15) is 27.0 Å². The Balaban J connectivity index is 1.54. The highest BCUT2D eigenvalue weighted by atomic mass is 16.5. The third kappa shape index (κ3) is 5.78. The van der Waals surface area contributed by atoms with Crippen molar-refractivity contribution in [1.29, 1.82) is 0 Å². The number of hydrogen-bond acceptors (Lipinski definition) is 5. The average molecular weight is 466 g/mol. The number of rotatable bonds is 5. The number of anilines is 1. The monoisotopic (exact) mass is 465 g/mol. The molecule has 0 saturated heterocycles. The molecule has 7 nitrogen and oxygen atoms in total. The molecule has 0 saturated carbocycles. The Kier molecular flexibility index (Phi) is 6.97. The molecule has 0 radical (unpaired) electrons. The molecule has 0 heterocycles. The van der Waals surface area contributed by atoms with E-state index in [9.17, 15) is 14.4 Å². The van der Waals surface area contributed by atoms with Gasteiger partial charge < -0.3 is 10.1 Å². The van der Waals surface area contributed by atoms with E-state index < -0.39 is 17.8 Å². The van der Waals surface area contributed by atoms with Crippen LogP contribution >= 0.6 is 0 Å². The molecule has 0 aliphatic heterocycles. The smallest absolute Gasteiger partial charge is 0.343 e. The normalized spacial score (nSPS) is 10.8. The first-order chi connectivity index (χ1) is 16.9. The van der Waals surface area contributed by atoms with Crippen molar-refractivity contribution < 1.29 is 19.1 Å². The number of carbonyl (C=O) groups is 3. The van der Waals surface area contributed by atoms with Gasteiger partial charge in [-0.15, -0.1) is 0 Å². The molecule has 4 aromatic rings. The van der Waals surface area contributed by atoms with Gasteiger partial charge in [-0.25, -0.2) is 10.2 Å². The van der Waals surface area contributed by atoms with Gasteiger partial charge in [-0.05, 0) is 55.0 Å². The van der Waals surface area contributed by atoms with E-state index in [1.165, 1.54) is 6.21 Å². The lowest BCUT2D eigenvalue weighted by molar-refractivity contribution is -0.136. The topological polar surface area (TPSA) is 96.9 Å². The van der Waals surface area contributed by atoms with Crippen molar-refractivity contribution in [3.8, 4) is 5.75 Å². The third-order valence-electron chi connectivity index (χ3n) is 5.26. The molecule has 0 fully saturated rings. The summed E-state index contributed by atoms with van der Waals surface area (Å²) in [5.41, 5.74) is 5.60. The van der Waals surface area contributed by atoms with E-state index in [1.54, 1.807) is 36.4 Å². The summed E-state index contributed by atoms with van der Waals surface area (Å²) in [7, 11) is 0. The maximum atomic E-state index is 12.7. The molecule has 0 aliphatic carbocycles. The van der Waals surface area contributed by atoms with Crippen LogP contribution < -0.4 is 15.5 Å². The number of nitrogens with zero attached hydrogens (tertiary/aromatic N) is 1. The summed E-state index contributed by atoms with van der Waals surface area (Å²) in [5.74, 6) is -2.02. The molecule has 2 amide bonds. The van der Waals surface area contributed by atoms with Crippen molar-refractivity contribution in [2.45, 2.75) is 13.8 Å². The molecule has 0 spiro atoms. The second kappa shape index (κ2) is 10.4. The largest absolute Gasteiger partial charge is 0.422 e. The molecule has 174 valence electrons. The number of esters is 1. The number of ether oxygens (including phenoxy) is 1. The Labute approximate surface area is 202 Å². The molecule has 0 aliphatic rings. The number of aryl methyl sites for hydroxylation is 2. The summed E-state index contributed by atoms with van der Waals surface area (Å²) in [4.78, 5) is 37.1. The number of carbonyl (C=O) groups excluding carboxylic acids is 3. The fourth-order valence-corrected chi connectivity index (χ4v) is 3.46. The summed E-state index contributed by atoms with van der Waals surface area (Å²) in [5, 5.41) is 8.12. The van der Waals surface area contributed by atoms with Gasteiger partial charge >= 0.3 is 17.8 Å². The van der Waals surface area contributed by atoms with E-state index >= 15 is 0 Å². The SMILES string of the molecule is Cc1ccc(NC(=O)C(=O)N/N=C/c2c(OC(=O)c3cccc(C)c3)ccc3ccccc23)cc1. The molecular weight excluding hydrogens is 442 g/mol. The van der Waals surface area contributed by atoms with Crippen LogP contribution in [0.2, 0.25) is 0 Å². The summed E-state index contributed by atoms with van der Waals surface area (Å²) < 4.78 is 5.67. The number of amides is 2. The second-order valence-electron chi connectivity index (χ2n) is 7.98. The molecule has 2 N–H and O–H groups in total. The fourth-order valence-electron chi connectivity index (χ4n) is 3.46. The maximum absolute atomic E-state index is 12.7. The van der Waals surface area contributed by atoms with Gasteiger partial charge in [-0.2, -0.15) is 5.10 Å². The molecule has 4 aromatic carbocycles. The van der Waals surface area contributed by atoms with Crippen molar-refractivity contribution in [3.63, 3.8) is 0 Å². The number of fused-ring (bicyclic) bond motifs is 1. The third-order valence-corrected chi connectivity index (χ3v) is 5.26. The van der Waals surface area contributed by atoms with Gasteiger partial charge in [0.25, 0.3) is 0 Å². The maximum Gasteiger partial charge on any atom is 0.343 e. The van der Waals surface area contributed by atoms with Crippen molar-refractivity contribution in [2.24, 2.45) is 5.10 Å². The molecule has 0 bridgehead atoms. The van der Waals surface area contributed by atoms with Gasteiger partial charge in [0.1, 0.15) is 5.75 Å². The first kappa shape index (κ1) is 23.4. The molecule has 7 heteroatoms. The number of hydrazone groups is 1. The number of benzene rings is 4. The standard InChI is InChI=1S/C28H23N3O4/c1-18-10-13-22(14-11-18)30-26(32)27(33)31-29-17-24-23-9-4-3-7-20(23)12-15-25(24)35-28(34)21-8-5-6-19(2)16-21/h3-17H,1-2H3,(H,30,32)(H,31,33)/b29-17+. The van der Waals surface area contributed by atoms with Crippen LogP contribution in [0.25, 0.3) is 10.8 Å². The molecule has 0 aromatic heterocycles. The Morgan fingerprint density at radius 1 is 0.800 bits per heavy atom. The average Bonchev–Trinajstić information content (AvgIpc) is 2.86. The quantitative estimate of drug-likeness (QED) is 0.146. The summed E-state index contributed by atoms with van der Waals surface area (Å²) >= 11 is 0. The lowest BCUT2D eigenvalue weighted by Crippen LogP contribution is -2.32. The molecule has 0 unspecified atom stereocenters. The lowest BCUT2D eigenvalue weighted by Gasteiger charge is -2.11. The van der Waals surface area contributed by atoms with Gasteiger partial charge in [0, 0.05) is 11.3 Å². The predicted molar refractivity (Wildman–Crippen MR) is 136 cm³/mol. The minimum atomic E-state index is -0.930. The first-order valence-electron chi connectivity index (χ1n) is 10.9. The Hall–Kier alpha value is -4.78. The number of hydrogen-bond donors (Lipinski definition) is 2. The lowest BCUT2D eigenvalue weighted by atomic mass is 10.0. The zero-order chi connectivity index (χ0) is 24.8. The molecular formula is C28H23N3O4. The van der Waals surface area contributed by atoms with Crippen LogP contribution in [-0.2, 0) is 9.59 Å². The van der Waals surface area contributed by atoms with Gasteiger partial charge in [0.2, 0.25) is 0 Å². The number of nitrogens with one attached hydrogen (secondary N) is 2. The van der Waals surface area contributed by atoms with Gasteiger partial charge in [0.05, 0.1) is 11.8 Å². The minimum Gasteiger partial charge on any atom is -0.422 e. The van der Waals surface area contributed by atoms with Gasteiger partial charge in [-0.3, -0.25) is 9.59 Å². The van der Waals surface area contributed by atoms with Crippen LogP contribution in [0.15, 0.2) is 90.0 Å². The van der Waals surface area contributed by atoms with Gasteiger partial charge in [-0.1, -0.05) is 65.7 Å². The van der Waals surface area contributed by atoms with Crippen LogP contribution in [0.3, 0.4) is 0 Å². The zero-order valence-corrected chi connectivity index (χ0v) is 19.2. The highest BCUT2D eigenvalue weighted by Crippen LogP contribution is 2.27. The summed E-state index contributed by atoms with van der Waals surface area (Å²) in [6.45, 7) is 3.81. The zero-order valence-electron chi connectivity index (χ0n) is 19.2. The Bertz CT molecular complexity index is 1440. The molecule has 4 rings (SSSR count). The van der Waals surface area contributed by atoms with Crippen molar-refractivity contribution in [2.75, 3.05) is 5.32 Å². The Morgan fingerprint density at radius 2 is 1.57 bits per heavy atom. The van der Waals surface area contributed by atoms with E-state index in [4.69, 9.17) is 4.74 Å². The van der Waals surface area contributed by atoms with E-state index in [2.05, 4.69) is 15.8 Å². The summed E-state index contributed by atoms with van der Waals surface area (Å²) in [6.07, 6.45) is 1.36. The highest BCUT2D eigenvalue weighted by molar-refractivity contribution is 6.39. The second-order valence-corrected chi connectivity index (χ2v) is 7.98. The van der Waals surface area contributed by atoms with E-state index in [0.29, 0.717) is 16.8 Å².